The van der Waals surface area contributed by atoms with Gasteiger partial charge in [0.25, 0.3) is 6.47 Å². The molecule has 0 N–H and O–H groups in total. The smallest absolute Gasteiger partial charge is 0.293 e. The molecule has 1 rings (SSSR count). The van der Waals surface area contributed by atoms with Gasteiger partial charge in [-0.05, 0) is 19.9 Å². The number of hydrogen-bond donors (Lipinski definition) is 0. The zero-order valence-corrected chi connectivity index (χ0v) is 10.3. The quantitative estimate of drug-likeness (QED) is 0.518. The molecule has 0 amide bonds. The lowest BCUT2D eigenvalue weighted by molar-refractivity contribution is -0.130. The van der Waals surface area contributed by atoms with Gasteiger partial charge in [-0.25, -0.2) is 0 Å². The summed E-state index contributed by atoms with van der Waals surface area (Å²) in [6.45, 7) is 6.21. The highest BCUT2D eigenvalue weighted by atomic mass is 32.1. The Balaban J connectivity index is 2.07. The molecule has 0 bridgehead atoms. The van der Waals surface area contributed by atoms with Crippen molar-refractivity contribution in [2.24, 2.45) is 0 Å². The fraction of sp³-hybridized carbons (Fsp3) is 0.545. The second-order valence-electron chi connectivity index (χ2n) is 3.21. The molecule has 0 aliphatic rings. The highest BCUT2D eigenvalue weighted by molar-refractivity contribution is 7.12. The third kappa shape index (κ3) is 4.63. The first kappa shape index (κ1) is 13.0. The molecule has 1 aromatic heterocycles. The van der Waals surface area contributed by atoms with Crippen LogP contribution in [0.15, 0.2) is 6.07 Å². The van der Waals surface area contributed by atoms with E-state index < -0.39 is 0 Å². The summed E-state index contributed by atoms with van der Waals surface area (Å²) in [7, 11) is 0. The van der Waals surface area contributed by atoms with E-state index >= 15 is 0 Å². The Bertz CT molecular complexity index is 322. The summed E-state index contributed by atoms with van der Waals surface area (Å²) in [5.74, 6) is 0.926. The number of thiophene rings is 1. The number of aryl methyl sites for hydroxylation is 2. The highest BCUT2D eigenvalue weighted by Gasteiger charge is 2.02. The maximum Gasteiger partial charge on any atom is 0.293 e. The molecule has 0 fully saturated rings. The summed E-state index contributed by atoms with van der Waals surface area (Å²) in [6, 6.07) is 2.02. The average molecular weight is 244 g/mol. The van der Waals surface area contributed by atoms with Gasteiger partial charge in [-0.1, -0.05) is 0 Å². The molecule has 0 unspecified atom stereocenters. The number of carbonyl (C=O) groups excluding carboxylic acids is 1. The van der Waals surface area contributed by atoms with E-state index in [1.165, 1.54) is 9.75 Å². The van der Waals surface area contributed by atoms with Gasteiger partial charge in [0.1, 0.15) is 19.0 Å². The predicted molar refractivity (Wildman–Crippen MR) is 62.1 cm³/mol. The SMILES string of the molecule is Cc1cc(OCCOCCOC=O)c(C)s1. The third-order valence-electron chi connectivity index (χ3n) is 1.89. The normalized spacial score (nSPS) is 10.1. The van der Waals surface area contributed by atoms with Gasteiger partial charge >= 0.3 is 0 Å². The van der Waals surface area contributed by atoms with E-state index in [4.69, 9.17) is 9.47 Å². The summed E-state index contributed by atoms with van der Waals surface area (Å²) in [4.78, 5) is 12.2. The molecule has 0 radical (unpaired) electrons. The molecular formula is C11H16O4S. The molecule has 0 aliphatic heterocycles. The van der Waals surface area contributed by atoms with Crippen molar-refractivity contribution < 1.29 is 19.0 Å². The molecule has 0 aliphatic carbocycles. The lowest BCUT2D eigenvalue weighted by Crippen LogP contribution is -2.10. The first-order valence-corrected chi connectivity index (χ1v) is 5.88. The van der Waals surface area contributed by atoms with E-state index in [1.807, 2.05) is 13.0 Å². The van der Waals surface area contributed by atoms with Crippen LogP contribution >= 0.6 is 11.3 Å². The van der Waals surface area contributed by atoms with Crippen molar-refractivity contribution in [1.82, 2.24) is 0 Å². The van der Waals surface area contributed by atoms with E-state index in [0.717, 1.165) is 5.75 Å². The van der Waals surface area contributed by atoms with Crippen LogP contribution in [0.4, 0.5) is 0 Å². The summed E-state index contributed by atoms with van der Waals surface area (Å²) >= 11 is 1.72. The summed E-state index contributed by atoms with van der Waals surface area (Å²) in [6.07, 6.45) is 0. The Hall–Kier alpha value is -1.07. The van der Waals surface area contributed by atoms with Crippen molar-refractivity contribution >= 4 is 17.8 Å². The molecule has 0 atom stereocenters. The number of ether oxygens (including phenoxy) is 3. The number of hydrogen-bond acceptors (Lipinski definition) is 5. The summed E-state index contributed by atoms with van der Waals surface area (Å²) in [5, 5.41) is 0. The molecule has 0 aromatic carbocycles. The van der Waals surface area contributed by atoms with Crippen LogP contribution in [0.5, 0.6) is 5.75 Å². The average Bonchev–Trinajstić information content (AvgIpc) is 2.56. The Morgan fingerprint density at radius 3 is 2.62 bits per heavy atom. The van der Waals surface area contributed by atoms with Crippen LogP contribution < -0.4 is 4.74 Å². The minimum absolute atomic E-state index is 0.292. The van der Waals surface area contributed by atoms with Crippen molar-refractivity contribution in [3.8, 4) is 5.75 Å². The molecule has 1 aromatic rings. The minimum atomic E-state index is 0.292. The van der Waals surface area contributed by atoms with E-state index in [0.29, 0.717) is 32.9 Å². The van der Waals surface area contributed by atoms with Crippen molar-refractivity contribution in [2.75, 3.05) is 26.4 Å². The predicted octanol–water partition coefficient (Wildman–Crippen LogP) is 1.93. The van der Waals surface area contributed by atoms with E-state index in [2.05, 4.69) is 11.7 Å². The minimum Gasteiger partial charge on any atom is -0.490 e. The maximum atomic E-state index is 9.82. The van der Waals surface area contributed by atoms with Crippen molar-refractivity contribution in [2.45, 2.75) is 13.8 Å². The molecule has 1 heterocycles. The second kappa shape index (κ2) is 7.24. The Kier molecular flexibility index (Phi) is 5.88. The van der Waals surface area contributed by atoms with E-state index in [9.17, 15) is 4.79 Å². The van der Waals surface area contributed by atoms with Crippen LogP contribution in [0.3, 0.4) is 0 Å². The van der Waals surface area contributed by atoms with Crippen LogP contribution in [-0.4, -0.2) is 32.9 Å². The van der Waals surface area contributed by atoms with Gasteiger partial charge in [0.2, 0.25) is 0 Å². The van der Waals surface area contributed by atoms with Crippen molar-refractivity contribution in [3.63, 3.8) is 0 Å². The van der Waals surface area contributed by atoms with Crippen LogP contribution in [0.25, 0.3) is 0 Å². The zero-order chi connectivity index (χ0) is 11.8. The van der Waals surface area contributed by atoms with Crippen LogP contribution in [0, 0.1) is 13.8 Å². The maximum absolute atomic E-state index is 9.82. The number of carbonyl (C=O) groups is 1. The molecule has 4 nitrogen and oxygen atoms in total. The van der Waals surface area contributed by atoms with Gasteiger partial charge in [0, 0.05) is 9.75 Å². The third-order valence-corrected chi connectivity index (χ3v) is 2.84. The van der Waals surface area contributed by atoms with Crippen LogP contribution in [0.2, 0.25) is 0 Å². The lowest BCUT2D eigenvalue weighted by Gasteiger charge is -2.06. The summed E-state index contributed by atoms with van der Waals surface area (Å²) in [5.41, 5.74) is 0. The monoisotopic (exact) mass is 244 g/mol. The van der Waals surface area contributed by atoms with Gasteiger partial charge in [-0.15, -0.1) is 11.3 Å². The molecule has 16 heavy (non-hydrogen) atoms. The van der Waals surface area contributed by atoms with Gasteiger partial charge in [-0.3, -0.25) is 4.79 Å². The summed E-state index contributed by atoms with van der Waals surface area (Å²) < 4.78 is 15.2. The topological polar surface area (TPSA) is 44.8 Å². The van der Waals surface area contributed by atoms with E-state index in [1.54, 1.807) is 11.3 Å². The largest absolute Gasteiger partial charge is 0.490 e. The van der Waals surface area contributed by atoms with Gasteiger partial charge in [0.05, 0.1) is 13.2 Å². The van der Waals surface area contributed by atoms with Gasteiger partial charge in [0.15, 0.2) is 0 Å². The standard InChI is InChI=1S/C11H16O4S/c1-9-7-11(10(2)16-9)15-6-5-13-3-4-14-8-12/h7-8H,3-6H2,1-2H3. The highest BCUT2D eigenvalue weighted by Crippen LogP contribution is 2.27. The first-order valence-electron chi connectivity index (χ1n) is 5.07. The van der Waals surface area contributed by atoms with Crippen LogP contribution in [0.1, 0.15) is 9.75 Å². The van der Waals surface area contributed by atoms with Crippen LogP contribution in [-0.2, 0) is 14.3 Å². The molecule has 0 saturated heterocycles. The molecule has 0 saturated carbocycles. The Labute approximate surface area is 99.1 Å². The second-order valence-corrected chi connectivity index (χ2v) is 4.67. The molecule has 90 valence electrons. The fourth-order valence-corrected chi connectivity index (χ4v) is 2.09. The van der Waals surface area contributed by atoms with Gasteiger partial charge in [-0.2, -0.15) is 0 Å². The van der Waals surface area contributed by atoms with Crippen molar-refractivity contribution in [1.29, 1.82) is 0 Å². The zero-order valence-electron chi connectivity index (χ0n) is 9.52. The fourth-order valence-electron chi connectivity index (χ4n) is 1.22. The Morgan fingerprint density at radius 1 is 1.25 bits per heavy atom. The number of rotatable bonds is 8. The molecular weight excluding hydrogens is 228 g/mol. The first-order chi connectivity index (χ1) is 7.74. The molecule has 5 heteroatoms. The van der Waals surface area contributed by atoms with Crippen molar-refractivity contribution in [3.05, 3.63) is 15.8 Å². The Morgan fingerprint density at radius 2 is 2.00 bits per heavy atom. The van der Waals surface area contributed by atoms with Gasteiger partial charge < -0.3 is 14.2 Å². The molecule has 0 spiro atoms. The lowest BCUT2D eigenvalue weighted by atomic mass is 10.4. The van der Waals surface area contributed by atoms with E-state index in [-0.39, 0.29) is 0 Å².